The van der Waals surface area contributed by atoms with Crippen LogP contribution in [0, 0.1) is 0 Å². The first-order valence-corrected chi connectivity index (χ1v) is 11.3. The molecular formula is C19H22Cl2N2O4S. The first kappa shape index (κ1) is 22.3. The normalized spacial score (nSPS) is 12.3. The van der Waals surface area contributed by atoms with E-state index in [1.807, 2.05) is 6.92 Å². The van der Waals surface area contributed by atoms with Crippen LogP contribution in [-0.2, 0) is 14.8 Å². The van der Waals surface area contributed by atoms with Crippen molar-refractivity contribution in [3.63, 3.8) is 0 Å². The molecule has 1 amide bonds. The Bertz CT molecular complexity index is 933. The predicted molar refractivity (Wildman–Crippen MR) is 114 cm³/mol. The van der Waals surface area contributed by atoms with Gasteiger partial charge in [-0.05, 0) is 55.8 Å². The van der Waals surface area contributed by atoms with Crippen molar-refractivity contribution in [1.29, 1.82) is 0 Å². The van der Waals surface area contributed by atoms with Gasteiger partial charge in [0.15, 0.2) is 0 Å². The summed E-state index contributed by atoms with van der Waals surface area (Å²) in [5, 5.41) is 3.35. The van der Waals surface area contributed by atoms with Gasteiger partial charge >= 0.3 is 0 Å². The lowest BCUT2D eigenvalue weighted by molar-refractivity contribution is -0.117. The number of carbonyl (C=O) groups is 1. The Morgan fingerprint density at radius 3 is 2.25 bits per heavy atom. The molecule has 28 heavy (non-hydrogen) atoms. The van der Waals surface area contributed by atoms with E-state index < -0.39 is 22.0 Å². The van der Waals surface area contributed by atoms with Crippen molar-refractivity contribution < 1.29 is 17.9 Å². The van der Waals surface area contributed by atoms with E-state index >= 15 is 0 Å². The molecule has 0 aliphatic heterocycles. The zero-order chi connectivity index (χ0) is 20.9. The smallest absolute Gasteiger partial charge is 0.248 e. The summed E-state index contributed by atoms with van der Waals surface area (Å²) in [6, 6.07) is 10.3. The molecule has 0 radical (unpaired) electrons. The minimum Gasteiger partial charge on any atom is -0.494 e. The maximum absolute atomic E-state index is 12.9. The highest BCUT2D eigenvalue weighted by Crippen LogP contribution is 2.28. The number of halogens is 2. The molecule has 9 heteroatoms. The topological polar surface area (TPSA) is 75.7 Å². The molecule has 0 fully saturated rings. The summed E-state index contributed by atoms with van der Waals surface area (Å²) in [7, 11) is -3.72. The van der Waals surface area contributed by atoms with Crippen LogP contribution >= 0.6 is 23.2 Å². The van der Waals surface area contributed by atoms with Crippen LogP contribution < -0.4 is 14.4 Å². The summed E-state index contributed by atoms with van der Waals surface area (Å²) >= 11 is 11.9. The molecule has 6 nitrogen and oxygen atoms in total. The molecule has 1 atom stereocenters. The lowest BCUT2D eigenvalue weighted by Gasteiger charge is -2.30. The molecule has 0 heterocycles. The van der Waals surface area contributed by atoms with Crippen molar-refractivity contribution in [2.75, 3.05) is 22.5 Å². The van der Waals surface area contributed by atoms with Crippen LogP contribution in [0.3, 0.4) is 0 Å². The van der Waals surface area contributed by atoms with Crippen molar-refractivity contribution in [2.45, 2.75) is 26.3 Å². The Hall–Kier alpha value is -1.96. The first-order valence-electron chi connectivity index (χ1n) is 8.65. The summed E-state index contributed by atoms with van der Waals surface area (Å²) in [6.07, 6.45) is 1.34. The zero-order valence-electron chi connectivity index (χ0n) is 15.8. The zero-order valence-corrected chi connectivity index (χ0v) is 18.1. The third kappa shape index (κ3) is 5.53. The molecule has 1 N–H and O–H groups in total. The summed E-state index contributed by atoms with van der Waals surface area (Å²) < 4.78 is 31.4. The van der Waals surface area contributed by atoms with Crippen molar-refractivity contribution in [1.82, 2.24) is 0 Å². The Balaban J connectivity index is 2.34. The number of ether oxygens (including phenoxy) is 1. The maximum atomic E-state index is 12.9. The molecule has 0 saturated heterocycles. The van der Waals surface area contributed by atoms with Gasteiger partial charge in [-0.15, -0.1) is 0 Å². The van der Waals surface area contributed by atoms with Crippen LogP contribution in [-0.4, -0.2) is 33.2 Å². The fourth-order valence-electron chi connectivity index (χ4n) is 2.72. The third-order valence-corrected chi connectivity index (χ3v) is 5.84. The molecule has 0 spiro atoms. The van der Waals surface area contributed by atoms with Crippen LogP contribution in [0.15, 0.2) is 42.5 Å². The second kappa shape index (κ2) is 9.49. The predicted octanol–water partition coefficient (Wildman–Crippen LogP) is 4.58. The lowest BCUT2D eigenvalue weighted by atomic mass is 10.1. The average Bonchev–Trinajstić information content (AvgIpc) is 2.62. The Kier molecular flexibility index (Phi) is 7.57. The molecule has 0 aliphatic rings. The molecule has 0 bridgehead atoms. The van der Waals surface area contributed by atoms with Crippen LogP contribution in [0.2, 0.25) is 10.0 Å². The van der Waals surface area contributed by atoms with Crippen molar-refractivity contribution >= 4 is 50.5 Å². The van der Waals surface area contributed by atoms with Gasteiger partial charge in [-0.25, -0.2) is 8.42 Å². The highest BCUT2D eigenvalue weighted by molar-refractivity contribution is 7.92. The monoisotopic (exact) mass is 444 g/mol. The maximum Gasteiger partial charge on any atom is 0.248 e. The van der Waals surface area contributed by atoms with Gasteiger partial charge < -0.3 is 10.1 Å². The lowest BCUT2D eigenvalue weighted by Crippen LogP contribution is -2.47. The molecule has 1 unspecified atom stereocenters. The standard InChI is InChI=1S/C19H22Cl2N2O4S/c1-4-18(19(24)22-13-6-11-16(20)17(21)12-13)23(28(3,25)26)14-7-9-15(10-8-14)27-5-2/h6-12,18H,4-5H2,1-3H3,(H,22,24). The molecule has 152 valence electrons. The van der Waals surface area contributed by atoms with E-state index in [0.717, 1.165) is 10.6 Å². The van der Waals surface area contributed by atoms with Crippen LogP contribution in [0.4, 0.5) is 11.4 Å². The Morgan fingerprint density at radius 2 is 1.75 bits per heavy atom. The highest BCUT2D eigenvalue weighted by atomic mass is 35.5. The summed E-state index contributed by atoms with van der Waals surface area (Å²) in [4.78, 5) is 12.9. The molecule has 2 rings (SSSR count). The second-order valence-electron chi connectivity index (χ2n) is 6.03. The average molecular weight is 445 g/mol. The summed E-state index contributed by atoms with van der Waals surface area (Å²) in [5.41, 5.74) is 0.806. The number of anilines is 2. The molecule has 2 aromatic carbocycles. The number of amides is 1. The number of rotatable bonds is 8. The van der Waals surface area contributed by atoms with Crippen LogP contribution in [0.5, 0.6) is 5.75 Å². The van der Waals surface area contributed by atoms with Gasteiger partial charge in [0.2, 0.25) is 15.9 Å². The second-order valence-corrected chi connectivity index (χ2v) is 8.70. The fraction of sp³-hybridized carbons (Fsp3) is 0.316. The van der Waals surface area contributed by atoms with E-state index in [1.54, 1.807) is 43.3 Å². The van der Waals surface area contributed by atoms with Crippen molar-refractivity contribution in [3.05, 3.63) is 52.5 Å². The molecule has 2 aromatic rings. The van der Waals surface area contributed by atoms with Gasteiger partial charge in [0.1, 0.15) is 11.8 Å². The van der Waals surface area contributed by atoms with E-state index in [0.29, 0.717) is 33.8 Å². The van der Waals surface area contributed by atoms with E-state index in [-0.39, 0.29) is 6.42 Å². The van der Waals surface area contributed by atoms with Gasteiger partial charge in [0.05, 0.1) is 28.6 Å². The highest BCUT2D eigenvalue weighted by Gasteiger charge is 2.31. The number of benzene rings is 2. The fourth-order valence-corrected chi connectivity index (χ4v) is 4.23. The van der Waals surface area contributed by atoms with Gasteiger partial charge in [-0.1, -0.05) is 30.1 Å². The first-order chi connectivity index (χ1) is 13.2. The van der Waals surface area contributed by atoms with E-state index in [2.05, 4.69) is 5.32 Å². The quantitative estimate of drug-likeness (QED) is 0.646. The van der Waals surface area contributed by atoms with Crippen LogP contribution in [0.1, 0.15) is 20.3 Å². The number of sulfonamides is 1. The van der Waals surface area contributed by atoms with E-state index in [9.17, 15) is 13.2 Å². The minimum absolute atomic E-state index is 0.271. The third-order valence-electron chi connectivity index (χ3n) is 3.92. The largest absolute Gasteiger partial charge is 0.494 e. The number of hydrogen-bond acceptors (Lipinski definition) is 4. The van der Waals surface area contributed by atoms with Gasteiger partial charge in [-0.3, -0.25) is 9.10 Å². The number of nitrogens with one attached hydrogen (secondary N) is 1. The van der Waals surface area contributed by atoms with Gasteiger partial charge in [0.25, 0.3) is 0 Å². The summed E-state index contributed by atoms with van der Waals surface area (Å²) in [6.45, 7) is 4.10. The number of nitrogens with zero attached hydrogens (tertiary/aromatic N) is 1. The molecule has 0 saturated carbocycles. The minimum atomic E-state index is -3.72. The van der Waals surface area contributed by atoms with Crippen LogP contribution in [0.25, 0.3) is 0 Å². The molecular weight excluding hydrogens is 423 g/mol. The van der Waals surface area contributed by atoms with Crippen molar-refractivity contribution in [2.24, 2.45) is 0 Å². The number of carbonyl (C=O) groups excluding carboxylic acids is 1. The summed E-state index contributed by atoms with van der Waals surface area (Å²) in [5.74, 6) is 0.146. The SMILES string of the molecule is CCOc1ccc(N(C(CC)C(=O)Nc2ccc(Cl)c(Cl)c2)S(C)(=O)=O)cc1. The Morgan fingerprint density at radius 1 is 1.11 bits per heavy atom. The van der Waals surface area contributed by atoms with Gasteiger partial charge in [0, 0.05) is 5.69 Å². The molecule has 0 aromatic heterocycles. The van der Waals surface area contributed by atoms with E-state index in [1.165, 1.54) is 6.07 Å². The Labute approximate surface area is 175 Å². The molecule has 0 aliphatic carbocycles. The number of hydrogen-bond donors (Lipinski definition) is 1. The van der Waals surface area contributed by atoms with Gasteiger partial charge in [-0.2, -0.15) is 0 Å². The van der Waals surface area contributed by atoms with E-state index in [4.69, 9.17) is 27.9 Å². The van der Waals surface area contributed by atoms with Crippen molar-refractivity contribution in [3.8, 4) is 5.75 Å².